The van der Waals surface area contributed by atoms with Crippen molar-refractivity contribution in [1.82, 2.24) is 5.43 Å². The third-order valence-electron chi connectivity index (χ3n) is 4.39. The smallest absolute Gasteiger partial charge is 0.416 e. The summed E-state index contributed by atoms with van der Waals surface area (Å²) in [5.74, 6) is -1.83. The van der Waals surface area contributed by atoms with Gasteiger partial charge in [0.15, 0.2) is 0 Å². The number of carbonyl (C=O) groups excluding carboxylic acids is 1. The lowest BCUT2D eigenvalue weighted by Crippen LogP contribution is -2.19. The molecule has 0 aliphatic carbocycles. The monoisotopic (exact) mass is 491 g/mol. The van der Waals surface area contributed by atoms with Gasteiger partial charge in [0, 0.05) is 11.3 Å². The number of carboxylic acid groups (broad SMARTS) is 1. The van der Waals surface area contributed by atoms with Crippen LogP contribution in [0.15, 0.2) is 82.8 Å². The largest absolute Gasteiger partial charge is 0.478 e. The van der Waals surface area contributed by atoms with Gasteiger partial charge in [-0.1, -0.05) is 24.3 Å². The Labute approximate surface area is 191 Å². The maximum atomic E-state index is 12.9. The SMILES string of the molecule is O=C(O)c1ccc(/C=N/NC(=O)c2cccc(S(=O)(=O)Nc3cccc(C(F)(F)F)c3)c2)cc1. The Morgan fingerprint density at radius 1 is 0.912 bits per heavy atom. The number of nitrogens with zero attached hydrogens (tertiary/aromatic N) is 1. The van der Waals surface area contributed by atoms with Crippen LogP contribution in [0.5, 0.6) is 0 Å². The molecule has 0 radical (unpaired) electrons. The zero-order valence-corrected chi connectivity index (χ0v) is 17.9. The molecule has 0 fully saturated rings. The minimum Gasteiger partial charge on any atom is -0.478 e. The lowest BCUT2D eigenvalue weighted by molar-refractivity contribution is -0.137. The molecule has 0 heterocycles. The standard InChI is InChI=1S/C22H16F3N3O5S/c23-22(24,25)17-4-2-5-18(12-17)28-34(32,33)19-6-1-3-16(11-19)20(29)27-26-13-14-7-9-15(10-8-14)21(30)31/h1-13,28H,(H,27,29)(H,30,31)/b26-13+. The fraction of sp³-hybridized carbons (Fsp3) is 0.0455. The molecule has 0 spiro atoms. The van der Waals surface area contributed by atoms with Crippen LogP contribution in [0.3, 0.4) is 0 Å². The number of rotatable bonds is 7. The van der Waals surface area contributed by atoms with E-state index in [1.165, 1.54) is 54.7 Å². The normalized spacial score (nSPS) is 11.9. The average Bonchev–Trinajstić information content (AvgIpc) is 2.79. The number of aromatic carboxylic acids is 1. The third-order valence-corrected chi connectivity index (χ3v) is 5.76. The maximum Gasteiger partial charge on any atom is 0.416 e. The van der Waals surface area contributed by atoms with E-state index in [1.807, 2.05) is 0 Å². The highest BCUT2D eigenvalue weighted by Gasteiger charge is 2.30. The number of carbonyl (C=O) groups is 2. The number of benzene rings is 3. The molecular weight excluding hydrogens is 475 g/mol. The molecule has 3 rings (SSSR count). The Balaban J connectivity index is 1.72. The molecule has 0 aromatic heterocycles. The van der Waals surface area contributed by atoms with Crippen molar-refractivity contribution in [2.24, 2.45) is 5.10 Å². The number of anilines is 1. The molecule has 176 valence electrons. The van der Waals surface area contributed by atoms with Gasteiger partial charge in [-0.25, -0.2) is 18.6 Å². The predicted molar refractivity (Wildman–Crippen MR) is 117 cm³/mol. The van der Waals surface area contributed by atoms with E-state index in [2.05, 4.69) is 15.2 Å². The van der Waals surface area contributed by atoms with Gasteiger partial charge in [-0.3, -0.25) is 9.52 Å². The van der Waals surface area contributed by atoms with Crippen LogP contribution in [0.2, 0.25) is 0 Å². The van der Waals surface area contributed by atoms with E-state index in [1.54, 1.807) is 0 Å². The van der Waals surface area contributed by atoms with Crippen LogP contribution in [0.4, 0.5) is 18.9 Å². The number of hydrogen-bond acceptors (Lipinski definition) is 5. The molecule has 0 bridgehead atoms. The van der Waals surface area contributed by atoms with Crippen molar-refractivity contribution in [3.63, 3.8) is 0 Å². The van der Waals surface area contributed by atoms with Crippen molar-refractivity contribution in [2.75, 3.05) is 4.72 Å². The summed E-state index contributed by atoms with van der Waals surface area (Å²) >= 11 is 0. The zero-order valence-electron chi connectivity index (χ0n) is 17.1. The molecule has 3 aromatic rings. The predicted octanol–water partition coefficient (Wildman–Crippen LogP) is 3.97. The Morgan fingerprint density at radius 3 is 2.24 bits per heavy atom. The van der Waals surface area contributed by atoms with Gasteiger partial charge in [-0.15, -0.1) is 0 Å². The summed E-state index contributed by atoms with van der Waals surface area (Å²) in [6.45, 7) is 0. The molecule has 1 amide bonds. The van der Waals surface area contributed by atoms with Crippen LogP contribution in [0.1, 0.15) is 31.8 Å². The molecule has 0 saturated heterocycles. The van der Waals surface area contributed by atoms with Gasteiger partial charge in [-0.2, -0.15) is 18.3 Å². The first-order valence-corrected chi connectivity index (χ1v) is 10.9. The van der Waals surface area contributed by atoms with Gasteiger partial charge >= 0.3 is 12.1 Å². The third kappa shape index (κ3) is 6.19. The Bertz CT molecular complexity index is 1350. The molecule has 0 saturated carbocycles. The van der Waals surface area contributed by atoms with E-state index in [-0.39, 0.29) is 21.7 Å². The van der Waals surface area contributed by atoms with E-state index in [0.717, 1.165) is 18.2 Å². The number of alkyl halides is 3. The topological polar surface area (TPSA) is 125 Å². The van der Waals surface area contributed by atoms with E-state index in [9.17, 15) is 31.2 Å². The molecule has 3 N–H and O–H groups in total. The van der Waals surface area contributed by atoms with Crippen molar-refractivity contribution in [1.29, 1.82) is 0 Å². The summed E-state index contributed by atoms with van der Waals surface area (Å²) < 4.78 is 65.9. The summed E-state index contributed by atoms with van der Waals surface area (Å²) in [4.78, 5) is 22.8. The first kappa shape index (κ1) is 24.5. The quantitative estimate of drug-likeness (QED) is 0.341. The second-order valence-electron chi connectivity index (χ2n) is 6.84. The Hall–Kier alpha value is -4.19. The summed E-state index contributed by atoms with van der Waals surface area (Å²) in [6, 6.07) is 14.2. The summed E-state index contributed by atoms with van der Waals surface area (Å²) in [7, 11) is -4.29. The summed E-state index contributed by atoms with van der Waals surface area (Å²) in [5.41, 5.74) is 1.43. The first-order valence-electron chi connectivity index (χ1n) is 9.42. The van der Waals surface area contributed by atoms with Crippen LogP contribution >= 0.6 is 0 Å². The molecule has 0 aliphatic heterocycles. The Morgan fingerprint density at radius 2 is 1.59 bits per heavy atom. The van der Waals surface area contributed by atoms with E-state index in [4.69, 9.17) is 5.11 Å². The molecular formula is C22H16F3N3O5S. The lowest BCUT2D eigenvalue weighted by atomic mass is 10.1. The van der Waals surface area contributed by atoms with Crippen LogP contribution < -0.4 is 10.1 Å². The minimum absolute atomic E-state index is 0.0645. The fourth-order valence-corrected chi connectivity index (χ4v) is 3.81. The maximum absolute atomic E-state index is 12.9. The molecule has 8 nitrogen and oxygen atoms in total. The highest BCUT2D eigenvalue weighted by atomic mass is 32.2. The van der Waals surface area contributed by atoms with E-state index >= 15 is 0 Å². The molecule has 0 aliphatic rings. The van der Waals surface area contributed by atoms with Gasteiger partial charge < -0.3 is 5.11 Å². The molecule has 34 heavy (non-hydrogen) atoms. The highest BCUT2D eigenvalue weighted by molar-refractivity contribution is 7.92. The van der Waals surface area contributed by atoms with Crippen molar-refractivity contribution in [2.45, 2.75) is 11.1 Å². The number of hydrazone groups is 1. The number of sulfonamides is 1. The van der Waals surface area contributed by atoms with Gasteiger partial charge in [-0.05, 0) is 54.1 Å². The van der Waals surface area contributed by atoms with Crippen molar-refractivity contribution < 1.29 is 36.3 Å². The van der Waals surface area contributed by atoms with Crippen LogP contribution in [0, 0.1) is 0 Å². The molecule has 3 aromatic carbocycles. The fourth-order valence-electron chi connectivity index (χ4n) is 2.72. The Kier molecular flexibility index (Phi) is 7.01. The second kappa shape index (κ2) is 9.75. The number of halogens is 3. The van der Waals surface area contributed by atoms with Gasteiger partial charge in [0.2, 0.25) is 0 Å². The van der Waals surface area contributed by atoms with Crippen LogP contribution in [0.25, 0.3) is 0 Å². The van der Waals surface area contributed by atoms with E-state index in [0.29, 0.717) is 11.6 Å². The minimum atomic E-state index is -4.64. The first-order chi connectivity index (χ1) is 16.0. The second-order valence-corrected chi connectivity index (χ2v) is 8.52. The summed E-state index contributed by atoms with van der Waals surface area (Å²) in [6.07, 6.45) is -3.38. The highest BCUT2D eigenvalue weighted by Crippen LogP contribution is 2.31. The zero-order chi connectivity index (χ0) is 24.9. The van der Waals surface area contributed by atoms with Gasteiger partial charge in [0.05, 0.1) is 22.2 Å². The number of hydrogen-bond donors (Lipinski definition) is 3. The average molecular weight is 491 g/mol. The van der Waals surface area contributed by atoms with Crippen LogP contribution in [-0.2, 0) is 16.2 Å². The number of amides is 1. The lowest BCUT2D eigenvalue weighted by Gasteiger charge is -2.12. The number of nitrogens with one attached hydrogen (secondary N) is 2. The van der Waals surface area contributed by atoms with Crippen molar-refractivity contribution in [3.05, 3.63) is 95.1 Å². The van der Waals surface area contributed by atoms with Gasteiger partial charge in [0.25, 0.3) is 15.9 Å². The number of carboxylic acids is 1. The van der Waals surface area contributed by atoms with Crippen molar-refractivity contribution in [3.8, 4) is 0 Å². The van der Waals surface area contributed by atoms with Gasteiger partial charge in [0.1, 0.15) is 0 Å². The van der Waals surface area contributed by atoms with Crippen molar-refractivity contribution >= 4 is 33.8 Å². The molecule has 0 unspecified atom stereocenters. The molecule has 0 atom stereocenters. The summed E-state index contributed by atoms with van der Waals surface area (Å²) in [5, 5.41) is 12.6. The molecule has 12 heteroatoms. The van der Waals surface area contributed by atoms with E-state index < -0.39 is 33.6 Å². The van der Waals surface area contributed by atoms with Crippen LogP contribution in [-0.4, -0.2) is 31.6 Å².